The van der Waals surface area contributed by atoms with Crippen LogP contribution in [0.2, 0.25) is 0 Å². The summed E-state index contributed by atoms with van der Waals surface area (Å²) in [5.74, 6) is 1.03. The number of hydrogen-bond acceptors (Lipinski definition) is 3. The SMILES string of the molecule is Cn1cc(SCCNc2ccc(Br)cc2)cn1. The van der Waals surface area contributed by atoms with Crippen molar-refractivity contribution in [2.75, 3.05) is 17.6 Å². The van der Waals surface area contributed by atoms with Gasteiger partial charge in [0, 0.05) is 40.6 Å². The average Bonchev–Trinajstić information content (AvgIpc) is 2.73. The van der Waals surface area contributed by atoms with E-state index in [9.17, 15) is 0 Å². The van der Waals surface area contributed by atoms with Gasteiger partial charge in [0.05, 0.1) is 6.20 Å². The molecule has 1 aromatic carbocycles. The van der Waals surface area contributed by atoms with Crippen molar-refractivity contribution in [3.05, 3.63) is 41.1 Å². The second-order valence-corrected chi connectivity index (χ2v) is 5.72. The second-order valence-electron chi connectivity index (χ2n) is 3.63. The molecule has 0 aliphatic heterocycles. The molecule has 90 valence electrons. The van der Waals surface area contributed by atoms with Gasteiger partial charge in [-0.25, -0.2) is 0 Å². The number of rotatable bonds is 5. The Kier molecular flexibility index (Phi) is 4.50. The van der Waals surface area contributed by atoms with E-state index in [0.717, 1.165) is 22.5 Å². The molecule has 0 aliphatic carbocycles. The number of anilines is 1. The number of benzene rings is 1. The second kappa shape index (κ2) is 6.12. The third kappa shape index (κ3) is 4.09. The predicted molar refractivity (Wildman–Crippen MR) is 76.6 cm³/mol. The summed E-state index contributed by atoms with van der Waals surface area (Å²) in [5, 5.41) is 7.51. The van der Waals surface area contributed by atoms with Gasteiger partial charge in [0.1, 0.15) is 0 Å². The minimum atomic E-state index is 0.946. The monoisotopic (exact) mass is 311 g/mol. The number of hydrogen-bond donors (Lipinski definition) is 1. The van der Waals surface area contributed by atoms with Crippen molar-refractivity contribution in [2.24, 2.45) is 7.05 Å². The Morgan fingerprint density at radius 2 is 2.12 bits per heavy atom. The predicted octanol–water partition coefficient (Wildman–Crippen LogP) is 3.39. The van der Waals surface area contributed by atoms with Crippen LogP contribution in [0, 0.1) is 0 Å². The average molecular weight is 312 g/mol. The number of nitrogens with zero attached hydrogens (tertiary/aromatic N) is 2. The largest absolute Gasteiger partial charge is 0.384 e. The maximum absolute atomic E-state index is 4.13. The van der Waals surface area contributed by atoms with E-state index < -0.39 is 0 Å². The van der Waals surface area contributed by atoms with Gasteiger partial charge in [-0.05, 0) is 24.3 Å². The summed E-state index contributed by atoms with van der Waals surface area (Å²) in [5.41, 5.74) is 1.15. The zero-order valence-corrected chi connectivity index (χ0v) is 12.0. The molecule has 0 spiro atoms. The van der Waals surface area contributed by atoms with Gasteiger partial charge in [-0.15, -0.1) is 11.8 Å². The van der Waals surface area contributed by atoms with E-state index in [-0.39, 0.29) is 0 Å². The zero-order valence-electron chi connectivity index (χ0n) is 9.56. The van der Waals surface area contributed by atoms with Gasteiger partial charge in [0.15, 0.2) is 0 Å². The zero-order chi connectivity index (χ0) is 12.1. The van der Waals surface area contributed by atoms with Crippen LogP contribution in [-0.4, -0.2) is 22.1 Å². The van der Waals surface area contributed by atoms with E-state index in [4.69, 9.17) is 0 Å². The van der Waals surface area contributed by atoms with Crippen molar-refractivity contribution in [3.63, 3.8) is 0 Å². The molecule has 1 N–H and O–H groups in total. The van der Waals surface area contributed by atoms with E-state index in [1.54, 1.807) is 0 Å². The number of thioether (sulfide) groups is 1. The van der Waals surface area contributed by atoms with Crippen molar-refractivity contribution < 1.29 is 0 Å². The number of nitrogens with one attached hydrogen (secondary N) is 1. The molecular formula is C12H14BrN3S. The summed E-state index contributed by atoms with van der Waals surface area (Å²) in [6.07, 6.45) is 3.93. The molecule has 2 rings (SSSR count). The Labute approximate surface area is 114 Å². The topological polar surface area (TPSA) is 29.9 Å². The summed E-state index contributed by atoms with van der Waals surface area (Å²) in [6.45, 7) is 0.946. The first-order valence-corrected chi connectivity index (χ1v) is 7.13. The van der Waals surface area contributed by atoms with Crippen LogP contribution in [0.1, 0.15) is 0 Å². The van der Waals surface area contributed by atoms with E-state index in [0.29, 0.717) is 0 Å². The molecule has 17 heavy (non-hydrogen) atoms. The van der Waals surface area contributed by atoms with Crippen molar-refractivity contribution in [3.8, 4) is 0 Å². The summed E-state index contributed by atoms with van der Waals surface area (Å²) >= 11 is 5.23. The van der Waals surface area contributed by atoms with Gasteiger partial charge in [0.25, 0.3) is 0 Å². The third-order valence-corrected chi connectivity index (χ3v) is 3.71. The Hall–Kier alpha value is -0.940. The lowest BCUT2D eigenvalue weighted by Gasteiger charge is -2.05. The van der Waals surface area contributed by atoms with Crippen molar-refractivity contribution >= 4 is 33.4 Å². The fourth-order valence-electron chi connectivity index (χ4n) is 1.41. The van der Waals surface area contributed by atoms with E-state index in [1.807, 2.05) is 48.0 Å². The highest BCUT2D eigenvalue weighted by Gasteiger charge is 1.97. The molecule has 0 aliphatic rings. The van der Waals surface area contributed by atoms with Gasteiger partial charge < -0.3 is 5.32 Å². The van der Waals surface area contributed by atoms with Gasteiger partial charge in [-0.1, -0.05) is 15.9 Å². The molecule has 0 unspecified atom stereocenters. The van der Waals surface area contributed by atoms with Crippen LogP contribution in [0.25, 0.3) is 0 Å². The summed E-state index contributed by atoms with van der Waals surface area (Å²) in [4.78, 5) is 1.21. The minimum Gasteiger partial charge on any atom is -0.384 e. The highest BCUT2D eigenvalue weighted by molar-refractivity contribution is 9.10. The molecule has 0 radical (unpaired) electrons. The number of aromatic nitrogens is 2. The molecule has 2 aromatic rings. The Balaban J connectivity index is 1.71. The highest BCUT2D eigenvalue weighted by atomic mass is 79.9. The first-order chi connectivity index (χ1) is 8.24. The lowest BCUT2D eigenvalue weighted by atomic mass is 10.3. The summed E-state index contributed by atoms with van der Waals surface area (Å²) < 4.78 is 2.93. The summed E-state index contributed by atoms with van der Waals surface area (Å²) in [6, 6.07) is 8.21. The molecular weight excluding hydrogens is 298 g/mol. The lowest BCUT2D eigenvalue weighted by molar-refractivity contribution is 0.766. The van der Waals surface area contributed by atoms with Crippen LogP contribution in [0.3, 0.4) is 0 Å². The van der Waals surface area contributed by atoms with Crippen molar-refractivity contribution in [1.29, 1.82) is 0 Å². The normalized spacial score (nSPS) is 10.5. The molecule has 0 saturated heterocycles. The Bertz CT molecular complexity index is 467. The standard InChI is InChI=1S/C12H14BrN3S/c1-16-9-12(8-15-16)17-7-6-14-11-4-2-10(13)3-5-11/h2-5,8-9,14H,6-7H2,1H3. The van der Waals surface area contributed by atoms with Crippen LogP contribution in [-0.2, 0) is 7.05 Å². The van der Waals surface area contributed by atoms with E-state index >= 15 is 0 Å². The van der Waals surface area contributed by atoms with Crippen molar-refractivity contribution in [2.45, 2.75) is 4.90 Å². The van der Waals surface area contributed by atoms with Crippen LogP contribution in [0.4, 0.5) is 5.69 Å². The molecule has 1 aromatic heterocycles. The summed E-state index contributed by atoms with van der Waals surface area (Å²) in [7, 11) is 1.93. The fourth-order valence-corrected chi connectivity index (χ4v) is 2.46. The highest BCUT2D eigenvalue weighted by Crippen LogP contribution is 2.17. The maximum atomic E-state index is 4.13. The molecule has 5 heteroatoms. The molecule has 3 nitrogen and oxygen atoms in total. The molecule has 0 amide bonds. The molecule has 0 bridgehead atoms. The van der Waals surface area contributed by atoms with Gasteiger partial charge in [-0.2, -0.15) is 5.10 Å². The van der Waals surface area contributed by atoms with Gasteiger partial charge in [0.2, 0.25) is 0 Å². The first-order valence-electron chi connectivity index (χ1n) is 5.35. The number of halogens is 1. The maximum Gasteiger partial charge on any atom is 0.0625 e. The van der Waals surface area contributed by atoms with Crippen LogP contribution in [0.15, 0.2) is 46.0 Å². The molecule has 1 heterocycles. The van der Waals surface area contributed by atoms with Crippen LogP contribution < -0.4 is 5.32 Å². The first kappa shape index (κ1) is 12.5. The Morgan fingerprint density at radius 1 is 1.35 bits per heavy atom. The fraction of sp³-hybridized carbons (Fsp3) is 0.250. The quantitative estimate of drug-likeness (QED) is 0.678. The van der Waals surface area contributed by atoms with E-state index in [1.165, 1.54) is 4.90 Å². The Morgan fingerprint density at radius 3 is 2.76 bits per heavy atom. The third-order valence-electron chi connectivity index (χ3n) is 2.23. The number of aryl methyl sites for hydroxylation is 1. The van der Waals surface area contributed by atoms with E-state index in [2.05, 4.69) is 38.5 Å². The minimum absolute atomic E-state index is 0.946. The van der Waals surface area contributed by atoms with Crippen LogP contribution in [0.5, 0.6) is 0 Å². The van der Waals surface area contributed by atoms with Crippen molar-refractivity contribution in [1.82, 2.24) is 9.78 Å². The van der Waals surface area contributed by atoms with Crippen LogP contribution >= 0.6 is 27.7 Å². The van der Waals surface area contributed by atoms with Gasteiger partial charge in [-0.3, -0.25) is 4.68 Å². The molecule has 0 atom stereocenters. The smallest absolute Gasteiger partial charge is 0.0625 e. The van der Waals surface area contributed by atoms with Gasteiger partial charge >= 0.3 is 0 Å². The lowest BCUT2D eigenvalue weighted by Crippen LogP contribution is -2.03. The molecule has 0 fully saturated rings. The molecule has 0 saturated carbocycles.